The maximum Gasteiger partial charge on any atom is 0.294 e. The van der Waals surface area contributed by atoms with E-state index in [4.69, 9.17) is 25.7 Å². The molecule has 1 fully saturated rings. The molecule has 0 saturated carbocycles. The number of amides is 1. The van der Waals surface area contributed by atoms with Crippen molar-refractivity contribution in [2.75, 3.05) is 92.1 Å². The molecule has 0 aromatic heterocycles. The van der Waals surface area contributed by atoms with Crippen LogP contribution in [-0.4, -0.2) is 118 Å². The number of rotatable bonds is 17. The van der Waals surface area contributed by atoms with Crippen molar-refractivity contribution >= 4 is 85.4 Å². The first-order valence-electron chi connectivity index (χ1n) is 20.8. The van der Waals surface area contributed by atoms with E-state index in [0.29, 0.717) is 79.7 Å². The number of nitrogens with zero attached hydrogens (tertiary/aromatic N) is 9. The maximum atomic E-state index is 13.5. The number of aliphatic hydroxyl groups excluding tert-OH is 1. The molecule has 21 nitrogen and oxygen atoms in total. The number of ether oxygens (including phenoxy) is 2. The summed E-state index contributed by atoms with van der Waals surface area (Å²) in [7, 11) is -2.87. The normalized spacial score (nSPS) is 16.9. The van der Waals surface area contributed by atoms with Crippen LogP contribution in [0.15, 0.2) is 118 Å². The second-order valence-corrected chi connectivity index (χ2v) is 16.7. The minimum atomic E-state index is -4.43. The van der Waals surface area contributed by atoms with Crippen LogP contribution >= 0.6 is 11.8 Å². The molecule has 2 aliphatic rings. The number of anilines is 5. The first-order valence-corrected chi connectivity index (χ1v) is 23.1. The summed E-state index contributed by atoms with van der Waals surface area (Å²) in [5.41, 5.74) is 17.2. The molecular weight excluding hydrogens is 877 g/mol. The van der Waals surface area contributed by atoms with E-state index in [0.717, 1.165) is 36.6 Å². The minimum absolute atomic E-state index is 0.0248. The third-order valence-corrected chi connectivity index (χ3v) is 11.8. The molecule has 0 bridgehead atoms. The van der Waals surface area contributed by atoms with Gasteiger partial charge in [-0.05, 0) is 101 Å². The number of amidine groups is 1. The monoisotopic (exact) mass is 932 g/mol. The zero-order valence-corrected chi connectivity index (χ0v) is 38.8. The Hall–Kier alpha value is -6.40. The number of azo groups is 1. The van der Waals surface area contributed by atoms with Crippen LogP contribution in [0.1, 0.15) is 34.6 Å². The molecule has 1 amide bonds. The zero-order valence-electron chi connectivity index (χ0n) is 37.1. The van der Waals surface area contributed by atoms with Gasteiger partial charge in [-0.25, -0.2) is 10.5 Å². The molecule has 65 heavy (non-hydrogen) atoms. The molecule has 348 valence electrons. The van der Waals surface area contributed by atoms with E-state index in [1.165, 1.54) is 36.9 Å². The second kappa shape index (κ2) is 23.5. The fraction of sp³-hybridized carbons (Fsp3) is 0.381. The van der Waals surface area contributed by atoms with Crippen molar-refractivity contribution in [2.45, 2.75) is 45.0 Å². The van der Waals surface area contributed by atoms with Gasteiger partial charge in [0.1, 0.15) is 29.7 Å². The molecule has 1 unspecified atom stereocenters. The number of carbonyl (C=O) groups is 1. The number of allylic oxidation sites excluding steroid dienone is 1. The molecule has 0 radical (unpaired) electrons. The van der Waals surface area contributed by atoms with E-state index in [2.05, 4.69) is 60.0 Å². The van der Waals surface area contributed by atoms with Gasteiger partial charge in [-0.15, -0.1) is 5.11 Å². The Bertz CT molecular complexity index is 2460. The largest absolute Gasteiger partial charge is 0.512 e. The molecule has 1 saturated heterocycles. The first kappa shape index (κ1) is 49.6. The van der Waals surface area contributed by atoms with Gasteiger partial charge < -0.3 is 51.0 Å². The molecule has 2 aliphatic heterocycles. The molecule has 23 heteroatoms. The lowest BCUT2D eigenvalue weighted by molar-refractivity contribution is -0.112. The molecule has 2 heterocycles. The Balaban J connectivity index is 1.45. The van der Waals surface area contributed by atoms with E-state index in [-0.39, 0.29) is 33.8 Å². The molecule has 0 spiro atoms. The number of carbonyl (C=O) groups excluding carboxylic acids is 1. The summed E-state index contributed by atoms with van der Waals surface area (Å²) < 4.78 is 43.7. The fourth-order valence-corrected chi connectivity index (χ4v) is 7.93. The summed E-state index contributed by atoms with van der Waals surface area (Å²) in [6.07, 6.45) is 1.52. The highest BCUT2D eigenvalue weighted by Crippen LogP contribution is 2.38. The van der Waals surface area contributed by atoms with Crippen molar-refractivity contribution in [3.8, 4) is 0 Å². The van der Waals surface area contributed by atoms with Gasteiger partial charge in [0.2, 0.25) is 17.4 Å². The van der Waals surface area contributed by atoms with E-state index in [1.807, 2.05) is 47.9 Å². The van der Waals surface area contributed by atoms with Crippen LogP contribution in [0.4, 0.5) is 39.8 Å². The third-order valence-electron chi connectivity index (χ3n) is 9.94. The standard InChI is InChI=1S/C42H56N14O7S2/c1-7-54(8-2)29-13-17-33(51-44)35(23-29)48-41(45-6)50-40(43)47-36-24-30(55(9-3)26-62-10-4)14-18-34(36)52-53-42-49-38(56-19-21-63-22-20-56)37(64-42)25-32(27(5)57)39(58)46-28-11-15-31(16-12-28)65(59,60)61/h11-18,23-25,42,44,57H,7-10,19-22,26H2,1-6H3,(H,46,58)(H,59,60,61)(H4,43,45,47,48,50). The number of hydrogen-bond acceptors (Lipinski definition) is 16. The quantitative estimate of drug-likeness (QED) is 0.0133. The number of benzene rings is 3. The minimum Gasteiger partial charge on any atom is -0.512 e. The van der Waals surface area contributed by atoms with E-state index in [1.54, 1.807) is 19.2 Å². The van der Waals surface area contributed by atoms with Gasteiger partial charge in [0.05, 0.1) is 40.0 Å². The number of guanidine groups is 2. The van der Waals surface area contributed by atoms with Gasteiger partial charge in [-0.3, -0.25) is 14.3 Å². The van der Waals surface area contributed by atoms with Crippen LogP contribution in [0, 0.1) is 5.53 Å². The van der Waals surface area contributed by atoms with Crippen LogP contribution < -0.4 is 31.5 Å². The van der Waals surface area contributed by atoms with Gasteiger partial charge in [0.15, 0.2) is 0 Å². The first-order chi connectivity index (χ1) is 31.2. The predicted molar refractivity (Wildman–Crippen MR) is 257 cm³/mol. The third kappa shape index (κ3) is 13.6. The Morgan fingerprint density at radius 1 is 0.985 bits per heavy atom. The van der Waals surface area contributed by atoms with Crippen molar-refractivity contribution in [2.24, 2.45) is 36.1 Å². The predicted octanol–water partition coefficient (Wildman–Crippen LogP) is 7.29. The Morgan fingerprint density at radius 3 is 2.20 bits per heavy atom. The van der Waals surface area contributed by atoms with Gasteiger partial charge in [-0.2, -0.15) is 23.6 Å². The summed E-state index contributed by atoms with van der Waals surface area (Å²) in [5.74, 6) is -0.277. The lowest BCUT2D eigenvalue weighted by Gasteiger charge is -2.28. The lowest BCUT2D eigenvalue weighted by Crippen LogP contribution is -2.40. The van der Waals surface area contributed by atoms with Crippen LogP contribution in [0.2, 0.25) is 0 Å². The van der Waals surface area contributed by atoms with Crippen LogP contribution in [0.3, 0.4) is 0 Å². The maximum absolute atomic E-state index is 13.5. The highest BCUT2D eigenvalue weighted by molar-refractivity contribution is 8.05. The Kier molecular flexibility index (Phi) is 17.9. The van der Waals surface area contributed by atoms with E-state index >= 15 is 0 Å². The number of nitrogens with two attached hydrogens (primary N) is 1. The van der Waals surface area contributed by atoms with Gasteiger partial charge >= 0.3 is 0 Å². The topological polar surface area (TPSA) is 280 Å². The van der Waals surface area contributed by atoms with Gasteiger partial charge in [0, 0.05) is 63.4 Å². The highest BCUT2D eigenvalue weighted by atomic mass is 32.2. The van der Waals surface area contributed by atoms with Crippen LogP contribution in [0.5, 0.6) is 0 Å². The van der Waals surface area contributed by atoms with Gasteiger partial charge in [0.25, 0.3) is 16.0 Å². The molecule has 8 N–H and O–H groups in total. The average molecular weight is 933 g/mol. The summed E-state index contributed by atoms with van der Waals surface area (Å²) in [6.45, 7) is 14.5. The van der Waals surface area contributed by atoms with E-state index < -0.39 is 21.5 Å². The number of aliphatic imine (C=N–C) groups is 3. The molecule has 3 aromatic carbocycles. The van der Waals surface area contributed by atoms with Crippen molar-refractivity contribution in [3.63, 3.8) is 0 Å². The molecule has 1 atom stereocenters. The molecule has 3 aromatic rings. The molecular formula is C42H56N14O7S2. The SMILES string of the molecule is CCOCN(CC)c1ccc(N=NC2N=C(N3CCOCC3)C(=CC(C(=O)Nc3ccc(S(=O)(=O)O)cc3)=C(C)O)S2)c(NC(N)=NC(=NC)Nc2cc(N(CC)CC)ccc2N=N)c1. The molecule has 0 aliphatic carbocycles. The summed E-state index contributed by atoms with van der Waals surface area (Å²) in [4.78, 5) is 33.6. The number of morpholine rings is 1. The summed E-state index contributed by atoms with van der Waals surface area (Å²) >= 11 is 1.22. The summed E-state index contributed by atoms with van der Waals surface area (Å²) in [6, 6.07) is 16.0. The van der Waals surface area contributed by atoms with Crippen LogP contribution in [-0.2, 0) is 24.4 Å². The van der Waals surface area contributed by atoms with Crippen molar-refractivity contribution < 1.29 is 32.3 Å². The number of thioether (sulfide) groups is 1. The van der Waals surface area contributed by atoms with Crippen molar-refractivity contribution in [3.05, 3.63) is 83.0 Å². The fourth-order valence-electron chi connectivity index (χ4n) is 6.51. The Labute approximate surface area is 382 Å². The van der Waals surface area contributed by atoms with Crippen molar-refractivity contribution in [1.82, 2.24) is 4.90 Å². The lowest BCUT2D eigenvalue weighted by atomic mass is 10.1. The number of hydrogen-bond donors (Lipinski definition) is 7. The number of nitrogens with one attached hydrogen (secondary N) is 4. The summed E-state index contributed by atoms with van der Waals surface area (Å²) in [5, 5.41) is 32.6. The number of aliphatic hydroxyl groups is 1. The van der Waals surface area contributed by atoms with Crippen molar-refractivity contribution in [1.29, 1.82) is 5.53 Å². The highest BCUT2D eigenvalue weighted by Gasteiger charge is 2.30. The zero-order chi connectivity index (χ0) is 47.1. The Morgan fingerprint density at radius 2 is 1.62 bits per heavy atom. The van der Waals surface area contributed by atoms with Gasteiger partial charge in [-0.1, -0.05) is 11.8 Å². The van der Waals surface area contributed by atoms with Crippen LogP contribution in [0.25, 0.3) is 0 Å². The average Bonchev–Trinajstić information content (AvgIpc) is 3.71. The van der Waals surface area contributed by atoms with E-state index in [9.17, 15) is 22.9 Å². The molecule has 5 rings (SSSR count). The smallest absolute Gasteiger partial charge is 0.294 e. The second-order valence-electron chi connectivity index (χ2n) is 14.1.